The van der Waals surface area contributed by atoms with Gasteiger partial charge >= 0.3 is 0 Å². The second-order valence-electron chi connectivity index (χ2n) is 4.65. The highest BCUT2D eigenvalue weighted by Crippen LogP contribution is 2.30. The molecule has 2 heterocycles. The summed E-state index contributed by atoms with van der Waals surface area (Å²) in [6.45, 7) is 3.84. The summed E-state index contributed by atoms with van der Waals surface area (Å²) in [7, 11) is 1.89. The van der Waals surface area contributed by atoms with Crippen molar-refractivity contribution in [1.29, 1.82) is 0 Å². The third-order valence-electron chi connectivity index (χ3n) is 3.16. The van der Waals surface area contributed by atoms with Gasteiger partial charge in [0.2, 0.25) is 0 Å². The highest BCUT2D eigenvalue weighted by molar-refractivity contribution is 9.10. The Balaban J connectivity index is 2.32. The predicted molar refractivity (Wildman–Crippen MR) is 72.3 cm³/mol. The van der Waals surface area contributed by atoms with Crippen LogP contribution in [0.25, 0.3) is 0 Å². The normalized spacial score (nSPS) is 14.7. The molecule has 1 unspecified atom stereocenters. The van der Waals surface area contributed by atoms with Gasteiger partial charge in [0.1, 0.15) is 0 Å². The van der Waals surface area contributed by atoms with E-state index in [2.05, 4.69) is 28.0 Å². The molecule has 0 saturated heterocycles. The average Bonchev–Trinajstić information content (AvgIpc) is 2.93. The quantitative estimate of drug-likeness (QED) is 0.944. The van der Waals surface area contributed by atoms with Gasteiger partial charge in [-0.2, -0.15) is 5.10 Å². The highest BCUT2D eigenvalue weighted by atomic mass is 79.9. The summed E-state index contributed by atoms with van der Waals surface area (Å²) in [4.78, 5) is 0. The molecule has 4 nitrogen and oxygen atoms in total. The molecule has 18 heavy (non-hydrogen) atoms. The minimum Gasteiger partial charge on any atom is -0.472 e. The van der Waals surface area contributed by atoms with Crippen molar-refractivity contribution >= 4 is 15.9 Å². The number of nitrogens with zero attached hydrogens (tertiary/aromatic N) is 2. The van der Waals surface area contributed by atoms with Gasteiger partial charge in [-0.3, -0.25) is 4.68 Å². The van der Waals surface area contributed by atoms with Crippen LogP contribution in [-0.2, 0) is 25.5 Å². The van der Waals surface area contributed by atoms with E-state index in [-0.39, 0.29) is 0 Å². The first kappa shape index (κ1) is 13.4. The molecule has 0 radical (unpaired) electrons. The van der Waals surface area contributed by atoms with Crippen LogP contribution < -0.4 is 0 Å². The Labute approximate surface area is 115 Å². The molecule has 0 aliphatic heterocycles. The molecule has 98 valence electrons. The van der Waals surface area contributed by atoms with E-state index in [0.29, 0.717) is 6.42 Å². The second-order valence-corrected chi connectivity index (χ2v) is 5.44. The second kappa shape index (κ2) is 4.90. The molecular weight excluding hydrogens is 296 g/mol. The van der Waals surface area contributed by atoms with Crippen LogP contribution in [0.5, 0.6) is 0 Å². The summed E-state index contributed by atoms with van der Waals surface area (Å²) in [5, 5.41) is 15.0. The summed E-state index contributed by atoms with van der Waals surface area (Å²) >= 11 is 3.56. The molecule has 2 aromatic heterocycles. The van der Waals surface area contributed by atoms with Crippen LogP contribution in [0.1, 0.15) is 30.8 Å². The lowest BCUT2D eigenvalue weighted by molar-refractivity contribution is 0.0548. The molecule has 0 bridgehead atoms. The number of halogens is 1. The molecule has 0 spiro atoms. The van der Waals surface area contributed by atoms with E-state index >= 15 is 0 Å². The fourth-order valence-electron chi connectivity index (χ4n) is 2.01. The monoisotopic (exact) mass is 312 g/mol. The third kappa shape index (κ3) is 2.37. The van der Waals surface area contributed by atoms with Crippen molar-refractivity contribution in [3.63, 3.8) is 0 Å². The topological polar surface area (TPSA) is 51.2 Å². The van der Waals surface area contributed by atoms with Gasteiger partial charge in [-0.15, -0.1) is 0 Å². The van der Waals surface area contributed by atoms with Gasteiger partial charge in [0.15, 0.2) is 0 Å². The third-order valence-corrected chi connectivity index (χ3v) is 4.07. The summed E-state index contributed by atoms with van der Waals surface area (Å²) in [6, 6.07) is 1.78. The Morgan fingerprint density at radius 2 is 2.28 bits per heavy atom. The first-order valence-corrected chi connectivity index (χ1v) is 6.70. The lowest BCUT2D eigenvalue weighted by Crippen LogP contribution is -2.25. The van der Waals surface area contributed by atoms with Gasteiger partial charge in [-0.25, -0.2) is 0 Å². The zero-order valence-corrected chi connectivity index (χ0v) is 12.4. The summed E-state index contributed by atoms with van der Waals surface area (Å²) in [5.74, 6) is 0. The number of aryl methyl sites for hydroxylation is 2. The Kier molecular flexibility index (Phi) is 3.64. The van der Waals surface area contributed by atoms with Crippen LogP contribution in [0.3, 0.4) is 0 Å². The van der Waals surface area contributed by atoms with Gasteiger partial charge in [0, 0.05) is 19.0 Å². The molecular formula is C13H17BrN2O2. The maximum absolute atomic E-state index is 10.5. The van der Waals surface area contributed by atoms with E-state index in [1.165, 1.54) is 0 Å². The molecule has 0 aliphatic carbocycles. The number of furan rings is 1. The molecule has 2 rings (SSSR count). The number of rotatable bonds is 4. The first-order chi connectivity index (χ1) is 8.45. The van der Waals surface area contributed by atoms with Crippen LogP contribution in [0, 0.1) is 0 Å². The molecule has 0 fully saturated rings. The van der Waals surface area contributed by atoms with E-state index in [4.69, 9.17) is 4.42 Å². The van der Waals surface area contributed by atoms with Crippen LogP contribution in [0.2, 0.25) is 0 Å². The number of hydrogen-bond donors (Lipinski definition) is 1. The Morgan fingerprint density at radius 3 is 2.78 bits per heavy atom. The molecule has 5 heteroatoms. The Hall–Kier alpha value is -1.07. The lowest BCUT2D eigenvalue weighted by Gasteiger charge is -2.22. The highest BCUT2D eigenvalue weighted by Gasteiger charge is 2.28. The van der Waals surface area contributed by atoms with E-state index in [1.54, 1.807) is 25.5 Å². The van der Waals surface area contributed by atoms with E-state index < -0.39 is 5.60 Å². The molecule has 1 N–H and O–H groups in total. The number of hydrogen-bond acceptors (Lipinski definition) is 3. The molecule has 0 aromatic carbocycles. The predicted octanol–water partition coefficient (Wildman–Crippen LogP) is 2.79. The van der Waals surface area contributed by atoms with Gasteiger partial charge in [-0.1, -0.05) is 6.92 Å². The van der Waals surface area contributed by atoms with Crippen molar-refractivity contribution in [2.45, 2.75) is 32.3 Å². The maximum atomic E-state index is 10.5. The van der Waals surface area contributed by atoms with Gasteiger partial charge < -0.3 is 9.52 Å². The van der Waals surface area contributed by atoms with Crippen molar-refractivity contribution in [2.24, 2.45) is 7.05 Å². The van der Waals surface area contributed by atoms with E-state index in [9.17, 15) is 5.11 Å². The Morgan fingerprint density at radius 1 is 1.56 bits per heavy atom. The van der Waals surface area contributed by atoms with Crippen LogP contribution >= 0.6 is 15.9 Å². The minimum atomic E-state index is -0.964. The van der Waals surface area contributed by atoms with E-state index in [1.807, 2.05) is 11.7 Å². The lowest BCUT2D eigenvalue weighted by atomic mass is 9.93. The summed E-state index contributed by atoms with van der Waals surface area (Å²) in [5.41, 5.74) is 1.80. The van der Waals surface area contributed by atoms with Crippen LogP contribution in [0.15, 0.2) is 27.5 Å². The van der Waals surface area contributed by atoms with Crippen molar-refractivity contribution in [1.82, 2.24) is 9.78 Å². The number of aromatic nitrogens is 2. The molecule has 1 atom stereocenters. The minimum absolute atomic E-state index is 0.483. The Bertz CT molecular complexity index is 529. The zero-order valence-electron chi connectivity index (χ0n) is 10.8. The van der Waals surface area contributed by atoms with Crippen molar-refractivity contribution < 1.29 is 9.52 Å². The van der Waals surface area contributed by atoms with Crippen molar-refractivity contribution in [2.75, 3.05) is 0 Å². The van der Waals surface area contributed by atoms with Gasteiger partial charge in [0.05, 0.1) is 34.0 Å². The SMILES string of the molecule is CCc1nn(C)c(CC(C)(O)c2ccoc2)c1Br. The summed E-state index contributed by atoms with van der Waals surface area (Å²) in [6.07, 6.45) is 4.49. The molecule has 0 aliphatic rings. The first-order valence-electron chi connectivity index (χ1n) is 5.91. The number of aliphatic hydroxyl groups is 1. The fourth-order valence-corrected chi connectivity index (χ4v) is 2.77. The van der Waals surface area contributed by atoms with Gasteiger partial charge in [0.25, 0.3) is 0 Å². The van der Waals surface area contributed by atoms with E-state index in [0.717, 1.165) is 27.8 Å². The van der Waals surface area contributed by atoms with Crippen molar-refractivity contribution in [3.05, 3.63) is 40.0 Å². The summed E-state index contributed by atoms with van der Waals surface area (Å²) < 4.78 is 7.83. The zero-order chi connectivity index (χ0) is 13.3. The molecule has 0 amide bonds. The average molecular weight is 313 g/mol. The largest absolute Gasteiger partial charge is 0.472 e. The fraction of sp³-hybridized carbons (Fsp3) is 0.462. The maximum Gasteiger partial charge on any atom is 0.0963 e. The van der Waals surface area contributed by atoms with Crippen LogP contribution in [-0.4, -0.2) is 14.9 Å². The van der Waals surface area contributed by atoms with Crippen molar-refractivity contribution in [3.8, 4) is 0 Å². The van der Waals surface area contributed by atoms with Gasteiger partial charge in [-0.05, 0) is 35.3 Å². The molecule has 0 saturated carbocycles. The van der Waals surface area contributed by atoms with Crippen LogP contribution in [0.4, 0.5) is 0 Å². The smallest absolute Gasteiger partial charge is 0.0963 e. The molecule has 2 aromatic rings. The standard InChI is InChI=1S/C13H17BrN2O2/c1-4-10-12(14)11(16(3)15-10)7-13(2,17)9-5-6-18-8-9/h5-6,8,17H,4,7H2,1-3H3.